The van der Waals surface area contributed by atoms with Crippen molar-refractivity contribution in [3.63, 3.8) is 0 Å². The lowest BCUT2D eigenvalue weighted by molar-refractivity contribution is -0.117. The highest BCUT2D eigenvalue weighted by molar-refractivity contribution is 7.88. The Morgan fingerprint density at radius 3 is 2.78 bits per heavy atom. The van der Waals surface area contributed by atoms with E-state index in [1.807, 2.05) is 0 Å². The molecule has 0 aliphatic carbocycles. The summed E-state index contributed by atoms with van der Waals surface area (Å²) in [7, 11) is -3.35. The fourth-order valence-electron chi connectivity index (χ4n) is 1.98. The first kappa shape index (κ1) is 13.0. The Bertz CT molecular complexity index is 573. The number of anilines is 1. The van der Waals surface area contributed by atoms with Gasteiger partial charge in [-0.05, 0) is 18.2 Å². The largest absolute Gasteiger partial charge is 0.311 e. The van der Waals surface area contributed by atoms with Crippen LogP contribution in [0.1, 0.15) is 6.42 Å². The van der Waals surface area contributed by atoms with Gasteiger partial charge in [0.25, 0.3) is 0 Å². The third kappa shape index (κ3) is 3.05. The number of nitrogens with one attached hydrogen (secondary N) is 1. The number of carbonyl (C=O) groups excluding carboxylic acids is 1. The lowest BCUT2D eigenvalue weighted by Crippen LogP contribution is -2.36. The molecule has 1 heterocycles. The Morgan fingerprint density at radius 1 is 1.44 bits per heavy atom. The van der Waals surface area contributed by atoms with Crippen LogP contribution in [-0.4, -0.2) is 33.2 Å². The van der Waals surface area contributed by atoms with Gasteiger partial charge in [-0.15, -0.1) is 0 Å². The van der Waals surface area contributed by atoms with Crippen LogP contribution in [0.2, 0.25) is 0 Å². The number of sulfonamides is 1. The summed E-state index contributed by atoms with van der Waals surface area (Å²) in [6, 6.07) is 5.20. The number of nitrogens with zero attached hydrogens (tertiary/aromatic N) is 1. The molecule has 0 unspecified atom stereocenters. The standard InChI is InChI=1S/C11H13FN2O3S/c1-18(16,17)13-9-6-11(15)14(7-9)10-4-2-3-8(12)5-10/h2-5,9,13H,6-7H2,1H3/t9-/m1/s1. The van der Waals surface area contributed by atoms with Crippen LogP contribution < -0.4 is 9.62 Å². The van der Waals surface area contributed by atoms with E-state index in [1.165, 1.54) is 23.1 Å². The number of hydrogen-bond acceptors (Lipinski definition) is 3. The molecule has 1 atom stereocenters. The van der Waals surface area contributed by atoms with E-state index in [1.54, 1.807) is 6.07 Å². The van der Waals surface area contributed by atoms with Crippen LogP contribution in [0.25, 0.3) is 0 Å². The number of hydrogen-bond donors (Lipinski definition) is 1. The highest BCUT2D eigenvalue weighted by atomic mass is 32.2. The fourth-order valence-corrected chi connectivity index (χ4v) is 2.75. The maximum absolute atomic E-state index is 13.1. The number of carbonyl (C=O) groups is 1. The zero-order valence-electron chi connectivity index (χ0n) is 9.76. The molecule has 1 saturated heterocycles. The van der Waals surface area contributed by atoms with Crippen LogP contribution in [0.15, 0.2) is 24.3 Å². The number of halogens is 1. The predicted molar refractivity (Wildman–Crippen MR) is 65.1 cm³/mol. The third-order valence-corrected chi connectivity index (χ3v) is 3.39. The van der Waals surface area contributed by atoms with Gasteiger partial charge in [-0.25, -0.2) is 17.5 Å². The molecule has 1 aromatic rings. The minimum atomic E-state index is -3.35. The molecular formula is C11H13FN2O3S. The molecule has 1 aliphatic heterocycles. The average molecular weight is 272 g/mol. The minimum Gasteiger partial charge on any atom is -0.311 e. The second-order valence-electron chi connectivity index (χ2n) is 4.28. The molecule has 1 amide bonds. The number of benzene rings is 1. The van der Waals surface area contributed by atoms with Crippen LogP contribution in [0.4, 0.5) is 10.1 Å². The van der Waals surface area contributed by atoms with Gasteiger partial charge in [0.05, 0.1) is 6.26 Å². The first-order valence-electron chi connectivity index (χ1n) is 5.38. The van der Waals surface area contributed by atoms with Crippen LogP contribution in [-0.2, 0) is 14.8 Å². The maximum Gasteiger partial charge on any atom is 0.228 e. The fraction of sp³-hybridized carbons (Fsp3) is 0.364. The normalized spacial score (nSPS) is 20.4. The van der Waals surface area contributed by atoms with Crippen LogP contribution in [0, 0.1) is 5.82 Å². The summed E-state index contributed by atoms with van der Waals surface area (Å²) in [5.41, 5.74) is 0.442. The van der Waals surface area contributed by atoms with Crippen molar-refractivity contribution in [1.82, 2.24) is 4.72 Å². The van der Waals surface area contributed by atoms with E-state index in [9.17, 15) is 17.6 Å². The van der Waals surface area contributed by atoms with Gasteiger partial charge in [0.15, 0.2) is 0 Å². The molecule has 1 aliphatic rings. The zero-order valence-corrected chi connectivity index (χ0v) is 10.6. The molecular weight excluding hydrogens is 259 g/mol. The number of rotatable bonds is 3. The second kappa shape index (κ2) is 4.66. The monoisotopic (exact) mass is 272 g/mol. The molecule has 1 N–H and O–H groups in total. The van der Waals surface area contributed by atoms with Gasteiger partial charge in [-0.2, -0.15) is 0 Å². The van der Waals surface area contributed by atoms with Crippen molar-refractivity contribution in [2.45, 2.75) is 12.5 Å². The smallest absolute Gasteiger partial charge is 0.228 e. The van der Waals surface area contributed by atoms with Gasteiger partial charge in [-0.3, -0.25) is 4.79 Å². The Balaban J connectivity index is 2.15. The van der Waals surface area contributed by atoms with E-state index < -0.39 is 21.9 Å². The van der Waals surface area contributed by atoms with Gasteiger partial charge >= 0.3 is 0 Å². The second-order valence-corrected chi connectivity index (χ2v) is 6.06. The molecule has 7 heteroatoms. The first-order chi connectivity index (χ1) is 8.35. The average Bonchev–Trinajstić information content (AvgIpc) is 2.56. The summed E-state index contributed by atoms with van der Waals surface area (Å²) in [4.78, 5) is 13.1. The van der Waals surface area contributed by atoms with E-state index >= 15 is 0 Å². The molecule has 1 fully saturated rings. The lowest BCUT2D eigenvalue weighted by atomic mass is 10.3. The van der Waals surface area contributed by atoms with Crippen molar-refractivity contribution in [2.75, 3.05) is 17.7 Å². The Kier molecular flexibility index (Phi) is 3.36. The van der Waals surface area contributed by atoms with Crippen molar-refractivity contribution in [1.29, 1.82) is 0 Å². The van der Waals surface area contributed by atoms with Gasteiger partial charge in [0.1, 0.15) is 5.82 Å². The van der Waals surface area contributed by atoms with Crippen molar-refractivity contribution in [3.8, 4) is 0 Å². The van der Waals surface area contributed by atoms with E-state index in [0.717, 1.165) is 6.26 Å². The van der Waals surface area contributed by atoms with Crippen molar-refractivity contribution >= 4 is 21.6 Å². The Morgan fingerprint density at radius 2 is 2.17 bits per heavy atom. The molecule has 98 valence electrons. The summed E-state index contributed by atoms with van der Waals surface area (Å²) in [5, 5.41) is 0. The van der Waals surface area contributed by atoms with Gasteiger partial charge in [-0.1, -0.05) is 6.07 Å². The molecule has 2 rings (SSSR count). The van der Waals surface area contributed by atoms with E-state index in [2.05, 4.69) is 4.72 Å². The van der Waals surface area contributed by atoms with E-state index in [-0.39, 0.29) is 18.9 Å². The van der Waals surface area contributed by atoms with Gasteiger partial charge in [0.2, 0.25) is 15.9 Å². The van der Waals surface area contributed by atoms with Gasteiger partial charge < -0.3 is 4.90 Å². The highest BCUT2D eigenvalue weighted by Crippen LogP contribution is 2.22. The Hall–Kier alpha value is -1.47. The first-order valence-corrected chi connectivity index (χ1v) is 7.27. The number of amides is 1. The lowest BCUT2D eigenvalue weighted by Gasteiger charge is -2.16. The van der Waals surface area contributed by atoms with E-state index in [4.69, 9.17) is 0 Å². The van der Waals surface area contributed by atoms with Gasteiger partial charge in [0, 0.05) is 24.7 Å². The van der Waals surface area contributed by atoms with Crippen LogP contribution >= 0.6 is 0 Å². The van der Waals surface area contributed by atoms with E-state index in [0.29, 0.717) is 5.69 Å². The van der Waals surface area contributed by atoms with Crippen molar-refractivity contribution in [2.24, 2.45) is 0 Å². The molecule has 0 saturated carbocycles. The van der Waals surface area contributed by atoms with Crippen LogP contribution in [0.3, 0.4) is 0 Å². The molecule has 0 aromatic heterocycles. The quantitative estimate of drug-likeness (QED) is 0.870. The van der Waals surface area contributed by atoms with Crippen molar-refractivity contribution in [3.05, 3.63) is 30.1 Å². The third-order valence-electron chi connectivity index (χ3n) is 2.63. The molecule has 0 radical (unpaired) electrons. The molecule has 1 aromatic carbocycles. The molecule has 18 heavy (non-hydrogen) atoms. The Labute approximate surface area is 105 Å². The predicted octanol–water partition coefficient (Wildman–Crippen LogP) is 0.480. The van der Waals surface area contributed by atoms with Crippen molar-refractivity contribution < 1.29 is 17.6 Å². The zero-order chi connectivity index (χ0) is 13.3. The maximum atomic E-state index is 13.1. The molecule has 0 bridgehead atoms. The highest BCUT2D eigenvalue weighted by Gasteiger charge is 2.32. The summed E-state index contributed by atoms with van der Waals surface area (Å²) >= 11 is 0. The topological polar surface area (TPSA) is 66.5 Å². The summed E-state index contributed by atoms with van der Waals surface area (Å²) in [5.74, 6) is -0.651. The minimum absolute atomic E-state index is 0.0869. The molecule has 5 nitrogen and oxygen atoms in total. The summed E-state index contributed by atoms with van der Waals surface area (Å²) in [6.45, 7) is 0.218. The van der Waals surface area contributed by atoms with Crippen LogP contribution in [0.5, 0.6) is 0 Å². The molecule has 0 spiro atoms. The SMILES string of the molecule is CS(=O)(=O)N[C@@H]1CC(=O)N(c2cccc(F)c2)C1. The summed E-state index contributed by atoms with van der Waals surface area (Å²) < 4.78 is 37.6. The summed E-state index contributed by atoms with van der Waals surface area (Å²) in [6.07, 6.45) is 1.13.